The molecule has 0 fully saturated rings. The minimum atomic E-state index is -0.627. The lowest BCUT2D eigenvalue weighted by Gasteiger charge is -2.19. The number of ether oxygens (including phenoxy) is 1. The minimum Gasteiger partial charge on any atom is -0.459 e. The van der Waals surface area contributed by atoms with Crippen LogP contribution in [-0.4, -0.2) is 21.1 Å². The first-order chi connectivity index (χ1) is 7.28. The van der Waals surface area contributed by atoms with Crippen LogP contribution < -0.4 is 11.2 Å². The highest BCUT2D eigenvalue weighted by atomic mass is 16.6. The number of nitrogens with one attached hydrogen (secondary N) is 1. The molecule has 0 saturated carbocycles. The summed E-state index contributed by atoms with van der Waals surface area (Å²) in [6.07, 6.45) is 1.26. The summed E-state index contributed by atoms with van der Waals surface area (Å²) in [5.41, 5.74) is -1.72. The van der Waals surface area contributed by atoms with E-state index in [0.29, 0.717) is 0 Å². The van der Waals surface area contributed by atoms with Crippen LogP contribution in [0.4, 0.5) is 0 Å². The molecule has 0 unspecified atom stereocenters. The number of nitrogens with zero attached hydrogens (tertiary/aromatic N) is 1. The van der Waals surface area contributed by atoms with Crippen molar-refractivity contribution in [3.05, 3.63) is 33.1 Å². The SMILES string of the molecule is CC(C)(C)OC(=O)Cn1ccc(=O)[nH]c1=O. The normalized spacial score (nSPS) is 11.2. The third-order valence-corrected chi connectivity index (χ3v) is 1.62. The fourth-order valence-electron chi connectivity index (χ4n) is 1.08. The number of H-pyrrole nitrogens is 1. The van der Waals surface area contributed by atoms with Gasteiger partial charge in [0, 0.05) is 12.3 Å². The van der Waals surface area contributed by atoms with Gasteiger partial charge in [-0.1, -0.05) is 0 Å². The summed E-state index contributed by atoms with van der Waals surface area (Å²) < 4.78 is 6.12. The van der Waals surface area contributed by atoms with Gasteiger partial charge in [-0.3, -0.25) is 19.1 Å². The number of aromatic nitrogens is 2. The lowest BCUT2D eigenvalue weighted by atomic mass is 10.2. The van der Waals surface area contributed by atoms with E-state index in [9.17, 15) is 14.4 Å². The smallest absolute Gasteiger partial charge is 0.328 e. The Bertz CT molecular complexity index is 493. The Morgan fingerprint density at radius 2 is 2.06 bits per heavy atom. The summed E-state index contributed by atoms with van der Waals surface area (Å²) in [7, 11) is 0. The topological polar surface area (TPSA) is 81.2 Å². The molecule has 0 radical (unpaired) electrons. The van der Waals surface area contributed by atoms with Gasteiger partial charge in [0.1, 0.15) is 12.1 Å². The summed E-state index contributed by atoms with van der Waals surface area (Å²) in [6.45, 7) is 4.99. The van der Waals surface area contributed by atoms with Crippen LogP contribution in [0, 0.1) is 0 Å². The summed E-state index contributed by atoms with van der Waals surface area (Å²) >= 11 is 0. The highest BCUT2D eigenvalue weighted by molar-refractivity contribution is 5.69. The number of aromatic amines is 1. The van der Waals surface area contributed by atoms with E-state index in [1.165, 1.54) is 12.3 Å². The average Bonchev–Trinajstić information content (AvgIpc) is 2.06. The van der Waals surface area contributed by atoms with Gasteiger partial charge in [-0.2, -0.15) is 0 Å². The minimum absolute atomic E-state index is 0.215. The number of hydrogen-bond donors (Lipinski definition) is 1. The highest BCUT2D eigenvalue weighted by Gasteiger charge is 2.16. The van der Waals surface area contributed by atoms with Gasteiger partial charge in [-0.25, -0.2) is 4.79 Å². The fraction of sp³-hybridized carbons (Fsp3) is 0.500. The molecule has 0 atom stereocenters. The number of carbonyl (C=O) groups is 1. The van der Waals surface area contributed by atoms with Crippen molar-refractivity contribution in [1.82, 2.24) is 9.55 Å². The Hall–Kier alpha value is -1.85. The zero-order valence-corrected chi connectivity index (χ0v) is 9.44. The molecule has 6 nitrogen and oxygen atoms in total. The maximum absolute atomic E-state index is 11.4. The Morgan fingerprint density at radius 3 is 2.56 bits per heavy atom. The predicted octanol–water partition coefficient (Wildman–Crippen LogP) is -0.122. The van der Waals surface area contributed by atoms with Crippen LogP contribution in [0.25, 0.3) is 0 Å². The van der Waals surface area contributed by atoms with Crippen LogP contribution >= 0.6 is 0 Å². The molecule has 0 amide bonds. The van der Waals surface area contributed by atoms with E-state index in [-0.39, 0.29) is 6.54 Å². The monoisotopic (exact) mass is 226 g/mol. The molecule has 0 aromatic carbocycles. The molecule has 1 heterocycles. The van der Waals surface area contributed by atoms with E-state index in [1.54, 1.807) is 20.8 Å². The van der Waals surface area contributed by atoms with E-state index in [2.05, 4.69) is 4.98 Å². The quantitative estimate of drug-likeness (QED) is 0.713. The Labute approximate surface area is 91.9 Å². The molecule has 0 aliphatic rings. The molecule has 1 rings (SSSR count). The van der Waals surface area contributed by atoms with Crippen LogP contribution in [0.3, 0.4) is 0 Å². The van der Waals surface area contributed by atoms with Crippen molar-refractivity contribution in [2.45, 2.75) is 32.9 Å². The van der Waals surface area contributed by atoms with E-state index >= 15 is 0 Å². The lowest BCUT2D eigenvalue weighted by Crippen LogP contribution is -2.33. The van der Waals surface area contributed by atoms with Crippen molar-refractivity contribution >= 4 is 5.97 Å². The van der Waals surface area contributed by atoms with Crippen molar-refractivity contribution in [1.29, 1.82) is 0 Å². The molecule has 0 aliphatic carbocycles. The highest BCUT2D eigenvalue weighted by Crippen LogP contribution is 2.06. The van der Waals surface area contributed by atoms with Gasteiger partial charge in [0.15, 0.2) is 0 Å². The molecular formula is C10H14N2O4. The van der Waals surface area contributed by atoms with E-state index in [1.807, 2.05) is 0 Å². The number of rotatable bonds is 2. The number of esters is 1. The first-order valence-electron chi connectivity index (χ1n) is 4.79. The molecule has 0 bridgehead atoms. The number of hydrogen-bond acceptors (Lipinski definition) is 4. The Morgan fingerprint density at radius 1 is 1.44 bits per heavy atom. The summed E-state index contributed by atoms with van der Waals surface area (Å²) in [6, 6.07) is 1.17. The maximum atomic E-state index is 11.4. The van der Waals surface area contributed by atoms with Crippen LogP contribution in [0.2, 0.25) is 0 Å². The molecule has 6 heteroatoms. The summed E-state index contributed by atoms with van der Waals surface area (Å²) in [5, 5.41) is 0. The van der Waals surface area contributed by atoms with Crippen molar-refractivity contribution < 1.29 is 9.53 Å². The van der Waals surface area contributed by atoms with Gasteiger partial charge < -0.3 is 4.74 Å². The Balaban J connectivity index is 2.78. The van der Waals surface area contributed by atoms with Crippen molar-refractivity contribution in [3.63, 3.8) is 0 Å². The van der Waals surface area contributed by atoms with Crippen LogP contribution in [0.5, 0.6) is 0 Å². The molecule has 16 heavy (non-hydrogen) atoms. The van der Waals surface area contributed by atoms with Crippen LogP contribution in [0.15, 0.2) is 21.9 Å². The van der Waals surface area contributed by atoms with Crippen molar-refractivity contribution in [2.75, 3.05) is 0 Å². The average molecular weight is 226 g/mol. The van der Waals surface area contributed by atoms with Gasteiger partial charge in [-0.05, 0) is 20.8 Å². The first kappa shape index (κ1) is 12.2. The zero-order chi connectivity index (χ0) is 12.3. The molecule has 1 aromatic rings. The fourth-order valence-corrected chi connectivity index (χ4v) is 1.08. The summed E-state index contributed by atoms with van der Waals surface area (Å²) in [5.74, 6) is -0.526. The van der Waals surface area contributed by atoms with Crippen LogP contribution in [-0.2, 0) is 16.1 Å². The zero-order valence-electron chi connectivity index (χ0n) is 9.44. The Kier molecular flexibility index (Phi) is 3.31. The molecule has 1 N–H and O–H groups in total. The molecule has 1 aromatic heterocycles. The third-order valence-electron chi connectivity index (χ3n) is 1.62. The van der Waals surface area contributed by atoms with Gasteiger partial charge >= 0.3 is 11.7 Å². The largest absolute Gasteiger partial charge is 0.459 e. The van der Waals surface area contributed by atoms with Gasteiger partial charge in [0.05, 0.1) is 0 Å². The predicted molar refractivity (Wildman–Crippen MR) is 57.2 cm³/mol. The summed E-state index contributed by atoms with van der Waals surface area (Å²) in [4.78, 5) is 35.5. The first-order valence-corrected chi connectivity index (χ1v) is 4.79. The lowest BCUT2D eigenvalue weighted by molar-refractivity contribution is -0.155. The van der Waals surface area contributed by atoms with E-state index in [4.69, 9.17) is 4.74 Å². The standard InChI is InChI=1S/C10H14N2O4/c1-10(2,3)16-8(14)6-12-5-4-7(13)11-9(12)15/h4-5H,6H2,1-3H3,(H,11,13,15). The van der Waals surface area contributed by atoms with E-state index < -0.39 is 22.8 Å². The molecular weight excluding hydrogens is 212 g/mol. The molecule has 0 aliphatic heterocycles. The van der Waals surface area contributed by atoms with E-state index in [0.717, 1.165) is 4.57 Å². The number of carbonyl (C=O) groups excluding carboxylic acids is 1. The van der Waals surface area contributed by atoms with Crippen LogP contribution in [0.1, 0.15) is 20.8 Å². The van der Waals surface area contributed by atoms with Gasteiger partial charge in [-0.15, -0.1) is 0 Å². The third kappa shape index (κ3) is 3.72. The second-order valence-electron chi connectivity index (χ2n) is 4.32. The maximum Gasteiger partial charge on any atom is 0.328 e. The second-order valence-corrected chi connectivity index (χ2v) is 4.32. The second kappa shape index (κ2) is 4.34. The molecule has 0 spiro atoms. The van der Waals surface area contributed by atoms with Gasteiger partial charge in [0.2, 0.25) is 0 Å². The van der Waals surface area contributed by atoms with Crippen molar-refractivity contribution in [3.8, 4) is 0 Å². The molecule has 0 saturated heterocycles. The van der Waals surface area contributed by atoms with Crippen molar-refractivity contribution in [2.24, 2.45) is 0 Å². The molecule has 88 valence electrons. The van der Waals surface area contributed by atoms with Gasteiger partial charge in [0.25, 0.3) is 5.56 Å².